The molecule has 4 heterocycles. The predicted molar refractivity (Wildman–Crippen MR) is 108 cm³/mol. The van der Waals surface area contributed by atoms with Gasteiger partial charge in [-0.3, -0.25) is 14.6 Å². The topological polar surface area (TPSA) is 92.4 Å². The number of amides is 2. The third-order valence-electron chi connectivity index (χ3n) is 5.85. The Morgan fingerprint density at radius 2 is 1.97 bits per heavy atom. The highest BCUT2D eigenvalue weighted by Crippen LogP contribution is 2.32. The normalized spacial score (nSPS) is 18.5. The van der Waals surface area contributed by atoms with Gasteiger partial charge in [0.2, 0.25) is 5.82 Å². The van der Waals surface area contributed by atoms with Gasteiger partial charge in [0.25, 0.3) is 11.8 Å². The second kappa shape index (κ2) is 7.98. The standard InChI is InChI=1S/C22H18F3N5O3/c23-22(24,25)21-27-18(28-33-21)14-9-16-17(26-10-14)12-30(20(16)32)15-7-4-8-29(11-15)19(31)13-5-2-1-3-6-13/h1-3,5-6,9-10,15H,4,7-8,11-12H2. The van der Waals surface area contributed by atoms with E-state index in [0.717, 1.165) is 12.8 Å². The number of rotatable bonds is 3. The van der Waals surface area contributed by atoms with Gasteiger partial charge in [0.15, 0.2) is 0 Å². The molecule has 0 saturated carbocycles. The van der Waals surface area contributed by atoms with E-state index in [-0.39, 0.29) is 41.4 Å². The van der Waals surface area contributed by atoms with Crippen LogP contribution >= 0.6 is 0 Å². The van der Waals surface area contributed by atoms with Crippen LogP contribution in [0.2, 0.25) is 0 Å². The van der Waals surface area contributed by atoms with Crippen molar-refractivity contribution in [1.82, 2.24) is 24.9 Å². The van der Waals surface area contributed by atoms with E-state index in [1.165, 1.54) is 12.3 Å². The summed E-state index contributed by atoms with van der Waals surface area (Å²) in [6.45, 7) is 1.29. The number of nitrogens with zero attached hydrogens (tertiary/aromatic N) is 5. The molecule has 2 amide bonds. The molecule has 2 aliphatic rings. The molecule has 3 aromatic rings. The van der Waals surface area contributed by atoms with E-state index < -0.39 is 12.1 Å². The zero-order valence-corrected chi connectivity index (χ0v) is 17.2. The van der Waals surface area contributed by atoms with Gasteiger partial charge in [-0.05, 0) is 31.0 Å². The van der Waals surface area contributed by atoms with Crippen molar-refractivity contribution in [1.29, 1.82) is 0 Å². The molecular formula is C22H18F3N5O3. The van der Waals surface area contributed by atoms with E-state index >= 15 is 0 Å². The first kappa shape index (κ1) is 21.1. The summed E-state index contributed by atoms with van der Waals surface area (Å²) < 4.78 is 42.5. The Kier molecular flexibility index (Phi) is 5.10. The zero-order valence-electron chi connectivity index (χ0n) is 17.2. The van der Waals surface area contributed by atoms with Crippen LogP contribution in [0.5, 0.6) is 0 Å². The highest BCUT2D eigenvalue weighted by molar-refractivity contribution is 5.99. The minimum atomic E-state index is -4.76. The number of halogens is 3. The fraction of sp³-hybridized carbons (Fsp3) is 0.318. The summed E-state index contributed by atoms with van der Waals surface area (Å²) in [4.78, 5) is 37.0. The van der Waals surface area contributed by atoms with Gasteiger partial charge in [0.1, 0.15) is 0 Å². The van der Waals surface area contributed by atoms with Crippen molar-refractivity contribution in [3.63, 3.8) is 0 Å². The molecule has 11 heteroatoms. The highest BCUT2D eigenvalue weighted by atomic mass is 19.4. The maximum absolute atomic E-state index is 13.1. The van der Waals surface area contributed by atoms with Crippen molar-refractivity contribution in [2.45, 2.75) is 31.6 Å². The Morgan fingerprint density at radius 3 is 2.70 bits per heavy atom. The highest BCUT2D eigenvalue weighted by Gasteiger charge is 2.40. The van der Waals surface area contributed by atoms with Gasteiger partial charge in [-0.15, -0.1) is 0 Å². The summed E-state index contributed by atoms with van der Waals surface area (Å²) in [5.41, 5.74) is 1.57. The minimum Gasteiger partial charge on any atom is -0.337 e. The van der Waals surface area contributed by atoms with Crippen molar-refractivity contribution in [3.8, 4) is 11.4 Å². The Hall–Kier alpha value is -3.76. The Bertz CT molecular complexity index is 1210. The molecule has 0 radical (unpaired) electrons. The number of pyridine rings is 1. The molecule has 2 aromatic heterocycles. The van der Waals surface area contributed by atoms with Crippen LogP contribution in [0.1, 0.15) is 45.1 Å². The van der Waals surface area contributed by atoms with Crippen LogP contribution in [0.15, 0.2) is 47.1 Å². The van der Waals surface area contributed by atoms with E-state index in [2.05, 4.69) is 19.6 Å². The monoisotopic (exact) mass is 457 g/mol. The number of benzene rings is 1. The third kappa shape index (κ3) is 3.94. The first-order chi connectivity index (χ1) is 15.8. The van der Waals surface area contributed by atoms with Crippen LogP contribution in [-0.4, -0.2) is 55.9 Å². The number of alkyl halides is 3. The van der Waals surface area contributed by atoms with Crippen molar-refractivity contribution >= 4 is 11.8 Å². The quantitative estimate of drug-likeness (QED) is 0.599. The molecule has 1 unspecified atom stereocenters. The number of piperidine rings is 1. The Labute approximate surface area is 186 Å². The summed E-state index contributed by atoms with van der Waals surface area (Å²) in [5, 5.41) is 3.36. The van der Waals surface area contributed by atoms with Gasteiger partial charge in [-0.2, -0.15) is 18.2 Å². The molecule has 1 aromatic carbocycles. The molecule has 1 saturated heterocycles. The summed E-state index contributed by atoms with van der Waals surface area (Å²) in [6, 6.07) is 10.2. The van der Waals surface area contributed by atoms with E-state index in [1.54, 1.807) is 34.1 Å². The molecule has 5 rings (SSSR count). The Morgan fingerprint density at radius 1 is 1.18 bits per heavy atom. The molecule has 8 nitrogen and oxygen atoms in total. The molecule has 0 aliphatic carbocycles. The second-order valence-electron chi connectivity index (χ2n) is 7.99. The summed E-state index contributed by atoms with van der Waals surface area (Å²) in [7, 11) is 0. The van der Waals surface area contributed by atoms with E-state index in [9.17, 15) is 22.8 Å². The van der Waals surface area contributed by atoms with E-state index in [1.807, 2.05) is 6.07 Å². The summed E-state index contributed by atoms with van der Waals surface area (Å²) in [6.07, 6.45) is -1.94. The molecule has 170 valence electrons. The number of hydrogen-bond donors (Lipinski definition) is 0. The lowest BCUT2D eigenvalue weighted by Crippen LogP contribution is -2.49. The fourth-order valence-corrected chi connectivity index (χ4v) is 4.22. The van der Waals surface area contributed by atoms with Crippen molar-refractivity contribution in [3.05, 3.63) is 65.3 Å². The van der Waals surface area contributed by atoms with Gasteiger partial charge in [-0.1, -0.05) is 23.4 Å². The lowest BCUT2D eigenvalue weighted by Gasteiger charge is -2.37. The molecule has 0 bridgehead atoms. The van der Waals surface area contributed by atoms with Crippen molar-refractivity contribution < 1.29 is 27.3 Å². The van der Waals surface area contributed by atoms with E-state index in [4.69, 9.17) is 0 Å². The van der Waals surface area contributed by atoms with Crippen molar-refractivity contribution in [2.75, 3.05) is 13.1 Å². The molecule has 2 aliphatic heterocycles. The number of carbonyl (C=O) groups excluding carboxylic acids is 2. The maximum atomic E-state index is 13.1. The van der Waals surface area contributed by atoms with E-state index in [0.29, 0.717) is 24.3 Å². The van der Waals surface area contributed by atoms with Gasteiger partial charge in [-0.25, -0.2) is 0 Å². The van der Waals surface area contributed by atoms with Crippen LogP contribution in [0, 0.1) is 0 Å². The largest absolute Gasteiger partial charge is 0.471 e. The van der Waals surface area contributed by atoms with Gasteiger partial charge < -0.3 is 14.3 Å². The minimum absolute atomic E-state index is 0.0811. The summed E-state index contributed by atoms with van der Waals surface area (Å²) >= 11 is 0. The van der Waals surface area contributed by atoms with Crippen molar-refractivity contribution in [2.24, 2.45) is 0 Å². The molecule has 1 atom stereocenters. The molecule has 1 fully saturated rings. The first-order valence-electron chi connectivity index (χ1n) is 10.4. The third-order valence-corrected chi connectivity index (χ3v) is 5.85. The molecule has 0 N–H and O–H groups in total. The van der Waals surface area contributed by atoms with Crippen LogP contribution < -0.4 is 0 Å². The average Bonchev–Trinajstić information content (AvgIpc) is 3.45. The first-order valence-corrected chi connectivity index (χ1v) is 10.4. The van der Waals surface area contributed by atoms with Gasteiger partial charge >= 0.3 is 12.1 Å². The number of hydrogen-bond acceptors (Lipinski definition) is 6. The Balaban J connectivity index is 1.33. The average molecular weight is 457 g/mol. The molecule has 0 spiro atoms. The van der Waals surface area contributed by atoms with Gasteiger partial charge in [0, 0.05) is 30.4 Å². The smallest absolute Gasteiger partial charge is 0.337 e. The number of likely N-dealkylation sites (tertiary alicyclic amines) is 1. The molecular weight excluding hydrogens is 439 g/mol. The fourth-order valence-electron chi connectivity index (χ4n) is 4.22. The lowest BCUT2D eigenvalue weighted by atomic mass is 10.0. The predicted octanol–water partition coefficient (Wildman–Crippen LogP) is 3.41. The number of fused-ring (bicyclic) bond motifs is 1. The zero-order chi connectivity index (χ0) is 23.2. The van der Waals surface area contributed by atoms with Crippen LogP contribution in [0.25, 0.3) is 11.4 Å². The number of aromatic nitrogens is 3. The molecule has 33 heavy (non-hydrogen) atoms. The van der Waals surface area contributed by atoms with Crippen LogP contribution in [0.3, 0.4) is 0 Å². The summed E-state index contributed by atoms with van der Waals surface area (Å²) in [5.74, 6) is -2.11. The van der Waals surface area contributed by atoms with Crippen LogP contribution in [0.4, 0.5) is 13.2 Å². The van der Waals surface area contributed by atoms with Crippen LogP contribution in [-0.2, 0) is 12.7 Å². The SMILES string of the molecule is O=C(c1ccccc1)N1CCCC(N2Cc3ncc(-c4noc(C(F)(F)F)n4)cc3C2=O)C1. The number of carbonyl (C=O) groups is 2. The van der Waals surface area contributed by atoms with Gasteiger partial charge in [0.05, 0.1) is 23.8 Å². The second-order valence-corrected chi connectivity index (χ2v) is 7.99. The lowest BCUT2D eigenvalue weighted by molar-refractivity contribution is -0.159. The maximum Gasteiger partial charge on any atom is 0.471 e.